The van der Waals surface area contributed by atoms with E-state index in [1.807, 2.05) is 13.8 Å². The number of ether oxygens (including phenoxy) is 1. The summed E-state index contributed by atoms with van der Waals surface area (Å²) in [5.74, 6) is 0.123. The highest BCUT2D eigenvalue weighted by Gasteiger charge is 2.13. The summed E-state index contributed by atoms with van der Waals surface area (Å²) in [7, 11) is 0. The smallest absolute Gasteiger partial charge is 0.314 e. The Morgan fingerprint density at radius 3 is 2.71 bits per heavy atom. The summed E-state index contributed by atoms with van der Waals surface area (Å²) < 4.78 is 5.13. The minimum atomic E-state index is -0.231. The van der Waals surface area contributed by atoms with Gasteiger partial charge in [0.2, 0.25) is 0 Å². The van der Waals surface area contributed by atoms with E-state index in [0.29, 0.717) is 11.4 Å². The average Bonchev–Trinajstić information content (AvgIpc) is 2.20. The fourth-order valence-corrected chi connectivity index (χ4v) is 0.949. The second kappa shape index (κ2) is 4.65. The van der Waals surface area contributed by atoms with Gasteiger partial charge in [0.25, 0.3) is 0 Å². The molecule has 14 heavy (non-hydrogen) atoms. The van der Waals surface area contributed by atoms with Crippen molar-refractivity contribution in [2.75, 3.05) is 5.73 Å². The Kier molecular flexibility index (Phi) is 3.51. The van der Waals surface area contributed by atoms with Crippen molar-refractivity contribution >= 4 is 11.7 Å². The molecule has 1 aromatic carbocycles. The van der Waals surface area contributed by atoms with Gasteiger partial charge in [-0.25, -0.2) is 0 Å². The molecular formula is C11H15NO2. The van der Waals surface area contributed by atoms with Crippen LogP contribution in [0.5, 0.6) is 5.75 Å². The largest absolute Gasteiger partial charge is 0.424 e. The van der Waals surface area contributed by atoms with E-state index in [-0.39, 0.29) is 11.9 Å². The SMILES string of the molecule is CCC(C)C(=O)Oc1ccccc1N. The van der Waals surface area contributed by atoms with Crippen molar-refractivity contribution in [3.63, 3.8) is 0 Å². The first-order valence-corrected chi connectivity index (χ1v) is 4.71. The number of benzene rings is 1. The zero-order valence-electron chi connectivity index (χ0n) is 8.49. The molecule has 0 spiro atoms. The second-order valence-electron chi connectivity index (χ2n) is 3.27. The number of rotatable bonds is 3. The Balaban J connectivity index is 2.70. The van der Waals surface area contributed by atoms with Gasteiger partial charge in [-0.05, 0) is 18.6 Å². The van der Waals surface area contributed by atoms with Gasteiger partial charge in [0.1, 0.15) is 0 Å². The Bertz CT molecular complexity index is 323. The quantitative estimate of drug-likeness (QED) is 0.455. The van der Waals surface area contributed by atoms with E-state index in [4.69, 9.17) is 10.5 Å². The fraction of sp³-hybridized carbons (Fsp3) is 0.364. The van der Waals surface area contributed by atoms with Crippen LogP contribution in [0, 0.1) is 5.92 Å². The number of para-hydroxylation sites is 2. The molecule has 0 radical (unpaired) electrons. The molecule has 0 saturated heterocycles. The molecule has 0 saturated carbocycles. The second-order valence-corrected chi connectivity index (χ2v) is 3.27. The predicted octanol–water partition coefficient (Wildman–Crippen LogP) is 2.22. The molecule has 0 aliphatic rings. The van der Waals surface area contributed by atoms with Gasteiger partial charge in [-0.2, -0.15) is 0 Å². The molecule has 1 aromatic rings. The number of hydrogen-bond acceptors (Lipinski definition) is 3. The van der Waals surface area contributed by atoms with E-state index < -0.39 is 0 Å². The van der Waals surface area contributed by atoms with Gasteiger partial charge in [-0.15, -0.1) is 0 Å². The van der Waals surface area contributed by atoms with Gasteiger partial charge in [-0.1, -0.05) is 26.0 Å². The topological polar surface area (TPSA) is 52.3 Å². The maximum Gasteiger partial charge on any atom is 0.314 e. The highest BCUT2D eigenvalue weighted by Crippen LogP contribution is 2.21. The van der Waals surface area contributed by atoms with Crippen molar-refractivity contribution in [1.29, 1.82) is 0 Å². The molecule has 2 N–H and O–H groups in total. The van der Waals surface area contributed by atoms with E-state index in [1.54, 1.807) is 24.3 Å². The van der Waals surface area contributed by atoms with Crippen molar-refractivity contribution in [3.8, 4) is 5.75 Å². The molecule has 3 nitrogen and oxygen atoms in total. The summed E-state index contributed by atoms with van der Waals surface area (Å²) in [6, 6.07) is 6.99. The van der Waals surface area contributed by atoms with Gasteiger partial charge >= 0.3 is 5.97 Å². The summed E-state index contributed by atoms with van der Waals surface area (Å²) in [5, 5.41) is 0. The third-order valence-corrected chi connectivity index (χ3v) is 2.14. The highest BCUT2D eigenvalue weighted by atomic mass is 16.5. The molecule has 0 heterocycles. The lowest BCUT2D eigenvalue weighted by Crippen LogP contribution is -2.17. The summed E-state index contributed by atoms with van der Waals surface area (Å²) >= 11 is 0. The van der Waals surface area contributed by atoms with Crippen LogP contribution in [0.25, 0.3) is 0 Å². The number of anilines is 1. The number of nitrogen functional groups attached to an aromatic ring is 1. The maximum absolute atomic E-state index is 11.4. The van der Waals surface area contributed by atoms with Crippen LogP contribution in [0.2, 0.25) is 0 Å². The summed E-state index contributed by atoms with van der Waals surface area (Å²) in [6.45, 7) is 3.78. The molecule has 1 unspecified atom stereocenters. The van der Waals surface area contributed by atoms with Crippen molar-refractivity contribution in [1.82, 2.24) is 0 Å². The number of esters is 1. The molecule has 0 aromatic heterocycles. The van der Waals surface area contributed by atoms with E-state index in [9.17, 15) is 4.79 Å². The average molecular weight is 193 g/mol. The molecule has 0 bridgehead atoms. The lowest BCUT2D eigenvalue weighted by atomic mass is 10.1. The van der Waals surface area contributed by atoms with E-state index >= 15 is 0 Å². The van der Waals surface area contributed by atoms with Gasteiger partial charge in [0.05, 0.1) is 11.6 Å². The Labute approximate surface area is 83.9 Å². The van der Waals surface area contributed by atoms with Crippen LogP contribution in [0.1, 0.15) is 20.3 Å². The lowest BCUT2D eigenvalue weighted by molar-refractivity contribution is -0.138. The van der Waals surface area contributed by atoms with Gasteiger partial charge < -0.3 is 10.5 Å². The molecular weight excluding hydrogens is 178 g/mol. The molecule has 1 rings (SSSR count). The van der Waals surface area contributed by atoms with Crippen LogP contribution >= 0.6 is 0 Å². The molecule has 76 valence electrons. The zero-order chi connectivity index (χ0) is 10.6. The Hall–Kier alpha value is -1.51. The zero-order valence-corrected chi connectivity index (χ0v) is 8.49. The maximum atomic E-state index is 11.4. The van der Waals surface area contributed by atoms with Crippen LogP contribution in [0.3, 0.4) is 0 Å². The number of carbonyl (C=O) groups is 1. The van der Waals surface area contributed by atoms with E-state index in [2.05, 4.69) is 0 Å². The highest BCUT2D eigenvalue weighted by molar-refractivity contribution is 5.76. The minimum absolute atomic E-state index is 0.0883. The van der Waals surface area contributed by atoms with E-state index in [0.717, 1.165) is 6.42 Å². The Morgan fingerprint density at radius 1 is 1.50 bits per heavy atom. The third kappa shape index (κ3) is 2.49. The molecule has 3 heteroatoms. The first kappa shape index (κ1) is 10.6. The first-order valence-electron chi connectivity index (χ1n) is 4.71. The van der Waals surface area contributed by atoms with Gasteiger partial charge in [0.15, 0.2) is 5.75 Å². The first-order chi connectivity index (χ1) is 6.65. The summed E-state index contributed by atoms with van der Waals surface area (Å²) in [5.41, 5.74) is 6.12. The van der Waals surface area contributed by atoms with Crippen molar-refractivity contribution < 1.29 is 9.53 Å². The number of hydrogen-bond donors (Lipinski definition) is 1. The lowest BCUT2D eigenvalue weighted by Gasteiger charge is -2.10. The van der Waals surface area contributed by atoms with E-state index in [1.165, 1.54) is 0 Å². The summed E-state index contributed by atoms with van der Waals surface area (Å²) in [4.78, 5) is 11.4. The van der Waals surface area contributed by atoms with Gasteiger partial charge in [0, 0.05) is 0 Å². The van der Waals surface area contributed by atoms with Crippen LogP contribution < -0.4 is 10.5 Å². The number of carbonyl (C=O) groups excluding carboxylic acids is 1. The van der Waals surface area contributed by atoms with Crippen LogP contribution in [-0.4, -0.2) is 5.97 Å². The van der Waals surface area contributed by atoms with Crippen LogP contribution in [-0.2, 0) is 4.79 Å². The Morgan fingerprint density at radius 2 is 2.14 bits per heavy atom. The van der Waals surface area contributed by atoms with Crippen molar-refractivity contribution in [3.05, 3.63) is 24.3 Å². The van der Waals surface area contributed by atoms with Crippen LogP contribution in [0.4, 0.5) is 5.69 Å². The molecule has 0 amide bonds. The minimum Gasteiger partial charge on any atom is -0.424 e. The number of nitrogens with two attached hydrogens (primary N) is 1. The monoisotopic (exact) mass is 193 g/mol. The van der Waals surface area contributed by atoms with Crippen LogP contribution in [0.15, 0.2) is 24.3 Å². The molecule has 1 atom stereocenters. The standard InChI is InChI=1S/C11H15NO2/c1-3-8(2)11(13)14-10-7-5-4-6-9(10)12/h4-8H,3,12H2,1-2H3. The van der Waals surface area contributed by atoms with Crippen molar-refractivity contribution in [2.45, 2.75) is 20.3 Å². The third-order valence-electron chi connectivity index (χ3n) is 2.14. The summed E-state index contributed by atoms with van der Waals surface area (Å²) in [6.07, 6.45) is 0.769. The predicted molar refractivity (Wildman–Crippen MR) is 55.9 cm³/mol. The normalized spacial score (nSPS) is 12.1. The van der Waals surface area contributed by atoms with Gasteiger partial charge in [-0.3, -0.25) is 4.79 Å². The molecule has 0 fully saturated rings. The fourth-order valence-electron chi connectivity index (χ4n) is 0.949. The van der Waals surface area contributed by atoms with Crippen molar-refractivity contribution in [2.24, 2.45) is 5.92 Å². The molecule has 0 aliphatic heterocycles. The molecule has 0 aliphatic carbocycles.